The van der Waals surface area contributed by atoms with Crippen LogP contribution in [-0.2, 0) is 30.2 Å². The Balaban J connectivity index is 3.08. The molecule has 0 fully saturated rings. The standard InChI is InChI=1S/C28H44FNO7/c1-26(2,3)35-23(31)20(18-19-10-13-21(14-11-19)34-17-16-29)12-15-22(24(32)36-27(4,5)6)30-25(33)37-28(7,8)9/h10-11,13-14,20,22H,12,15-18H2,1-9H3,(H,30,33)/t20?,22-/m0/s1. The number of carbonyl (C=O) groups excluding carboxylic acids is 3. The summed E-state index contributed by atoms with van der Waals surface area (Å²) in [6, 6.07) is 6.01. The highest BCUT2D eigenvalue weighted by Crippen LogP contribution is 2.23. The number of benzene rings is 1. The minimum absolute atomic E-state index is 0.0312. The molecule has 0 heterocycles. The number of ether oxygens (including phenoxy) is 4. The zero-order chi connectivity index (χ0) is 28.4. The van der Waals surface area contributed by atoms with E-state index in [2.05, 4.69) is 5.32 Å². The number of esters is 2. The molecule has 210 valence electrons. The molecule has 0 aliphatic heterocycles. The quantitative estimate of drug-likeness (QED) is 0.299. The smallest absolute Gasteiger partial charge is 0.408 e. The fraction of sp³-hybridized carbons (Fsp3) is 0.679. The minimum Gasteiger partial charge on any atom is -0.491 e. The lowest BCUT2D eigenvalue weighted by atomic mass is 9.92. The molecular weight excluding hydrogens is 481 g/mol. The Bertz CT molecular complexity index is 880. The molecule has 1 N–H and O–H groups in total. The summed E-state index contributed by atoms with van der Waals surface area (Å²) < 4.78 is 34.1. The Kier molecular flexibility index (Phi) is 11.9. The first kappa shape index (κ1) is 32.2. The van der Waals surface area contributed by atoms with Crippen LogP contribution in [0.5, 0.6) is 5.75 Å². The number of nitrogens with one attached hydrogen (secondary N) is 1. The first-order chi connectivity index (χ1) is 16.9. The fourth-order valence-corrected chi connectivity index (χ4v) is 3.29. The maximum atomic E-state index is 13.1. The Labute approximate surface area is 220 Å². The number of carbonyl (C=O) groups is 3. The Hall–Kier alpha value is -2.84. The second-order valence-electron chi connectivity index (χ2n) is 11.9. The van der Waals surface area contributed by atoms with Crippen molar-refractivity contribution in [2.24, 2.45) is 5.92 Å². The van der Waals surface area contributed by atoms with Gasteiger partial charge in [-0.15, -0.1) is 0 Å². The molecule has 1 amide bonds. The third kappa shape index (κ3) is 14.5. The fourth-order valence-electron chi connectivity index (χ4n) is 3.29. The molecule has 9 heteroatoms. The van der Waals surface area contributed by atoms with Gasteiger partial charge in [0.05, 0.1) is 5.92 Å². The van der Waals surface area contributed by atoms with E-state index in [1.165, 1.54) is 0 Å². The summed E-state index contributed by atoms with van der Waals surface area (Å²) in [7, 11) is 0. The van der Waals surface area contributed by atoms with Gasteiger partial charge < -0.3 is 24.3 Å². The van der Waals surface area contributed by atoms with E-state index in [-0.39, 0.29) is 19.4 Å². The van der Waals surface area contributed by atoms with Crippen molar-refractivity contribution in [3.8, 4) is 5.75 Å². The maximum Gasteiger partial charge on any atom is 0.408 e. The molecule has 0 radical (unpaired) electrons. The third-order valence-electron chi connectivity index (χ3n) is 4.68. The van der Waals surface area contributed by atoms with Crippen LogP contribution in [0.2, 0.25) is 0 Å². The van der Waals surface area contributed by atoms with Gasteiger partial charge in [-0.1, -0.05) is 12.1 Å². The van der Waals surface area contributed by atoms with E-state index in [1.54, 1.807) is 86.6 Å². The van der Waals surface area contributed by atoms with Crippen LogP contribution in [-0.4, -0.2) is 54.2 Å². The molecular formula is C28H44FNO7. The van der Waals surface area contributed by atoms with Gasteiger partial charge in [0.2, 0.25) is 0 Å². The predicted molar refractivity (Wildman–Crippen MR) is 139 cm³/mol. The molecule has 1 aromatic carbocycles. The van der Waals surface area contributed by atoms with Gasteiger partial charge >= 0.3 is 18.0 Å². The first-order valence-corrected chi connectivity index (χ1v) is 12.6. The van der Waals surface area contributed by atoms with Gasteiger partial charge in [0.1, 0.15) is 41.9 Å². The molecule has 2 atom stereocenters. The molecule has 8 nitrogen and oxygen atoms in total. The van der Waals surface area contributed by atoms with E-state index >= 15 is 0 Å². The number of alkyl carbamates (subject to hydrolysis) is 1. The molecule has 0 aliphatic rings. The van der Waals surface area contributed by atoms with Crippen molar-refractivity contribution < 1.29 is 37.7 Å². The van der Waals surface area contributed by atoms with Gasteiger partial charge in [0.25, 0.3) is 0 Å². The van der Waals surface area contributed by atoms with Crippen molar-refractivity contribution in [3.63, 3.8) is 0 Å². The second kappa shape index (κ2) is 13.6. The first-order valence-electron chi connectivity index (χ1n) is 12.6. The van der Waals surface area contributed by atoms with Crippen LogP contribution in [0.3, 0.4) is 0 Å². The van der Waals surface area contributed by atoms with E-state index in [0.29, 0.717) is 12.2 Å². The van der Waals surface area contributed by atoms with E-state index < -0.39 is 53.5 Å². The number of halogens is 1. The normalized spacial score (nSPS) is 13.8. The molecule has 1 rings (SSSR count). The predicted octanol–water partition coefficient (Wildman–Crippen LogP) is 5.55. The number of hydrogen-bond acceptors (Lipinski definition) is 7. The van der Waals surface area contributed by atoms with Crippen molar-refractivity contribution in [1.82, 2.24) is 5.32 Å². The number of hydrogen-bond donors (Lipinski definition) is 1. The third-order valence-corrected chi connectivity index (χ3v) is 4.68. The molecule has 0 bridgehead atoms. The number of amides is 1. The molecule has 1 aromatic rings. The van der Waals surface area contributed by atoms with Crippen LogP contribution < -0.4 is 10.1 Å². The number of rotatable bonds is 11. The van der Waals surface area contributed by atoms with Crippen LogP contribution in [0.4, 0.5) is 9.18 Å². The maximum absolute atomic E-state index is 13.1. The van der Waals surface area contributed by atoms with Crippen molar-refractivity contribution in [2.45, 2.75) is 104 Å². The zero-order valence-electron chi connectivity index (χ0n) is 23.7. The average molecular weight is 526 g/mol. The van der Waals surface area contributed by atoms with Gasteiger partial charge in [-0.05, 0) is 99.3 Å². The summed E-state index contributed by atoms with van der Waals surface area (Å²) in [6.45, 7) is 15.1. The topological polar surface area (TPSA) is 100 Å². The van der Waals surface area contributed by atoms with E-state index in [0.717, 1.165) is 5.56 Å². The highest BCUT2D eigenvalue weighted by molar-refractivity contribution is 5.82. The lowest BCUT2D eigenvalue weighted by molar-refractivity contribution is -0.162. The van der Waals surface area contributed by atoms with Crippen LogP contribution in [0.25, 0.3) is 0 Å². The highest BCUT2D eigenvalue weighted by Gasteiger charge is 2.32. The van der Waals surface area contributed by atoms with Gasteiger partial charge in [0, 0.05) is 0 Å². The van der Waals surface area contributed by atoms with Gasteiger partial charge in [-0.25, -0.2) is 14.0 Å². The lowest BCUT2D eigenvalue weighted by Crippen LogP contribution is -2.46. The lowest BCUT2D eigenvalue weighted by Gasteiger charge is -2.28. The van der Waals surface area contributed by atoms with Gasteiger partial charge in [0.15, 0.2) is 0 Å². The highest BCUT2D eigenvalue weighted by atomic mass is 19.1. The van der Waals surface area contributed by atoms with E-state index in [1.807, 2.05) is 0 Å². The summed E-state index contributed by atoms with van der Waals surface area (Å²) in [5.74, 6) is -1.09. The molecule has 0 spiro atoms. The van der Waals surface area contributed by atoms with Crippen molar-refractivity contribution >= 4 is 18.0 Å². The van der Waals surface area contributed by atoms with Crippen LogP contribution in [0.15, 0.2) is 24.3 Å². The van der Waals surface area contributed by atoms with Crippen LogP contribution >= 0.6 is 0 Å². The van der Waals surface area contributed by atoms with Crippen LogP contribution in [0, 0.1) is 5.92 Å². The largest absolute Gasteiger partial charge is 0.491 e. The molecule has 0 aliphatic carbocycles. The molecule has 0 saturated carbocycles. The van der Waals surface area contributed by atoms with Crippen molar-refractivity contribution in [1.29, 1.82) is 0 Å². The number of alkyl halides is 1. The average Bonchev–Trinajstić information content (AvgIpc) is 2.71. The van der Waals surface area contributed by atoms with Gasteiger partial charge in [-0.3, -0.25) is 4.79 Å². The van der Waals surface area contributed by atoms with E-state index in [4.69, 9.17) is 18.9 Å². The van der Waals surface area contributed by atoms with Crippen LogP contribution in [0.1, 0.15) is 80.7 Å². The molecule has 37 heavy (non-hydrogen) atoms. The monoisotopic (exact) mass is 525 g/mol. The SMILES string of the molecule is CC(C)(C)OC(=O)N[C@@H](CCC(Cc1ccc(OCCF)cc1)C(=O)OC(C)(C)C)C(=O)OC(C)(C)C. The zero-order valence-corrected chi connectivity index (χ0v) is 23.7. The summed E-state index contributed by atoms with van der Waals surface area (Å²) in [6.07, 6.45) is -0.0305. The van der Waals surface area contributed by atoms with E-state index in [9.17, 15) is 18.8 Å². The summed E-state index contributed by atoms with van der Waals surface area (Å²) in [4.78, 5) is 38.4. The molecule has 1 unspecified atom stereocenters. The Morgan fingerprint density at radius 2 is 1.30 bits per heavy atom. The Morgan fingerprint density at radius 1 is 0.784 bits per heavy atom. The van der Waals surface area contributed by atoms with Gasteiger partial charge in [-0.2, -0.15) is 0 Å². The Morgan fingerprint density at radius 3 is 1.78 bits per heavy atom. The second-order valence-corrected chi connectivity index (χ2v) is 11.9. The summed E-state index contributed by atoms with van der Waals surface area (Å²) >= 11 is 0. The molecule has 0 saturated heterocycles. The van der Waals surface area contributed by atoms with Crippen molar-refractivity contribution in [2.75, 3.05) is 13.3 Å². The minimum atomic E-state index is -1.02. The van der Waals surface area contributed by atoms with Crippen molar-refractivity contribution in [3.05, 3.63) is 29.8 Å². The molecule has 0 aromatic heterocycles. The summed E-state index contributed by atoms with van der Waals surface area (Å²) in [5, 5.41) is 2.59. The summed E-state index contributed by atoms with van der Waals surface area (Å²) in [5.41, 5.74) is -1.36.